The first kappa shape index (κ1) is 15.3. The van der Waals surface area contributed by atoms with E-state index in [0.29, 0.717) is 5.92 Å². The van der Waals surface area contributed by atoms with Gasteiger partial charge in [-0.25, -0.2) is 0 Å². The topological polar surface area (TPSA) is 60.2 Å². The normalized spacial score (nSPS) is 23.8. The molecule has 1 fully saturated rings. The van der Waals surface area contributed by atoms with Gasteiger partial charge in [0.1, 0.15) is 5.75 Å². The number of nitrogens with one attached hydrogen (secondary N) is 1. The predicted octanol–water partition coefficient (Wildman–Crippen LogP) is 3.20. The van der Waals surface area contributed by atoms with E-state index in [2.05, 4.69) is 30.3 Å². The molecule has 1 aromatic heterocycles. The smallest absolute Gasteiger partial charge is 0.137 e. The first-order valence-corrected chi connectivity index (χ1v) is 7.82. The van der Waals surface area contributed by atoms with Gasteiger partial charge in [0.2, 0.25) is 0 Å². The number of aromatic nitrogens is 1. The van der Waals surface area contributed by atoms with Gasteiger partial charge in [-0.1, -0.05) is 26.7 Å². The lowest BCUT2D eigenvalue weighted by molar-refractivity contribution is 0.313. The second-order valence-electron chi connectivity index (χ2n) is 5.79. The molecule has 0 aromatic carbocycles. The van der Waals surface area contributed by atoms with Crippen LogP contribution in [0.15, 0.2) is 18.5 Å². The summed E-state index contributed by atoms with van der Waals surface area (Å²) < 4.78 is 5.66. The SMILES string of the molecule is CCCOc1cncc(C(NN)C2CCC(CC)C2)c1. The van der Waals surface area contributed by atoms with E-state index in [1.807, 2.05) is 6.20 Å². The maximum atomic E-state index is 5.80. The van der Waals surface area contributed by atoms with Gasteiger partial charge in [-0.05, 0) is 42.7 Å². The summed E-state index contributed by atoms with van der Waals surface area (Å²) in [5.41, 5.74) is 4.13. The van der Waals surface area contributed by atoms with Crippen molar-refractivity contribution < 1.29 is 4.74 Å². The van der Waals surface area contributed by atoms with Crippen LogP contribution >= 0.6 is 0 Å². The Morgan fingerprint density at radius 3 is 2.90 bits per heavy atom. The Labute approximate surface area is 122 Å². The van der Waals surface area contributed by atoms with E-state index in [-0.39, 0.29) is 6.04 Å². The number of nitrogens with two attached hydrogens (primary N) is 1. The molecular weight excluding hydrogens is 250 g/mol. The first-order chi connectivity index (χ1) is 9.78. The van der Waals surface area contributed by atoms with Crippen molar-refractivity contribution in [2.24, 2.45) is 17.7 Å². The highest BCUT2D eigenvalue weighted by Gasteiger charge is 2.30. The van der Waals surface area contributed by atoms with Crippen LogP contribution in [-0.4, -0.2) is 11.6 Å². The van der Waals surface area contributed by atoms with Gasteiger partial charge in [0, 0.05) is 6.20 Å². The highest BCUT2D eigenvalue weighted by molar-refractivity contribution is 5.26. The molecule has 1 saturated carbocycles. The van der Waals surface area contributed by atoms with E-state index in [0.717, 1.165) is 30.3 Å². The van der Waals surface area contributed by atoms with Crippen LogP contribution in [0, 0.1) is 11.8 Å². The predicted molar refractivity (Wildman–Crippen MR) is 81.2 cm³/mol. The Kier molecular flexibility index (Phi) is 5.80. The lowest BCUT2D eigenvalue weighted by Gasteiger charge is -2.23. The van der Waals surface area contributed by atoms with Crippen LogP contribution < -0.4 is 16.0 Å². The number of hydrogen-bond donors (Lipinski definition) is 2. The Morgan fingerprint density at radius 1 is 1.40 bits per heavy atom. The van der Waals surface area contributed by atoms with E-state index in [4.69, 9.17) is 10.6 Å². The summed E-state index contributed by atoms with van der Waals surface area (Å²) in [6.07, 6.45) is 9.77. The fourth-order valence-electron chi connectivity index (χ4n) is 3.20. The molecule has 1 aliphatic rings. The molecule has 0 spiro atoms. The molecular formula is C16H27N3O. The van der Waals surface area contributed by atoms with Crippen molar-refractivity contribution in [2.75, 3.05) is 6.61 Å². The van der Waals surface area contributed by atoms with Gasteiger partial charge in [0.05, 0.1) is 18.8 Å². The Morgan fingerprint density at radius 2 is 2.25 bits per heavy atom. The molecule has 4 nitrogen and oxygen atoms in total. The molecule has 0 aliphatic heterocycles. The van der Waals surface area contributed by atoms with Crippen LogP contribution in [0.2, 0.25) is 0 Å². The van der Waals surface area contributed by atoms with Crippen LogP contribution in [0.4, 0.5) is 0 Å². The zero-order chi connectivity index (χ0) is 14.4. The Balaban J connectivity index is 2.07. The Bertz CT molecular complexity index is 410. The number of pyridine rings is 1. The fraction of sp³-hybridized carbons (Fsp3) is 0.688. The quantitative estimate of drug-likeness (QED) is 0.593. The molecule has 1 heterocycles. The summed E-state index contributed by atoms with van der Waals surface area (Å²) in [7, 11) is 0. The first-order valence-electron chi connectivity index (χ1n) is 7.82. The summed E-state index contributed by atoms with van der Waals surface area (Å²) in [4.78, 5) is 4.30. The minimum Gasteiger partial charge on any atom is -0.492 e. The zero-order valence-electron chi connectivity index (χ0n) is 12.6. The molecule has 2 rings (SSSR count). The molecule has 112 valence electrons. The van der Waals surface area contributed by atoms with Crippen molar-refractivity contribution in [3.05, 3.63) is 24.0 Å². The number of ether oxygens (including phenoxy) is 1. The fourth-order valence-corrected chi connectivity index (χ4v) is 3.20. The van der Waals surface area contributed by atoms with Gasteiger partial charge in [0.25, 0.3) is 0 Å². The van der Waals surface area contributed by atoms with Crippen molar-refractivity contribution >= 4 is 0 Å². The van der Waals surface area contributed by atoms with Crippen LogP contribution in [0.1, 0.15) is 57.6 Å². The van der Waals surface area contributed by atoms with E-state index in [1.54, 1.807) is 6.20 Å². The largest absolute Gasteiger partial charge is 0.492 e. The molecule has 1 aromatic rings. The van der Waals surface area contributed by atoms with Crippen LogP contribution in [0.3, 0.4) is 0 Å². The summed E-state index contributed by atoms with van der Waals surface area (Å²) in [5, 5.41) is 0. The number of nitrogens with zero attached hydrogens (tertiary/aromatic N) is 1. The van der Waals surface area contributed by atoms with E-state index < -0.39 is 0 Å². The maximum Gasteiger partial charge on any atom is 0.137 e. The number of hydrazine groups is 1. The van der Waals surface area contributed by atoms with Gasteiger partial charge >= 0.3 is 0 Å². The van der Waals surface area contributed by atoms with Crippen LogP contribution in [0.5, 0.6) is 5.75 Å². The standard InChI is InChI=1S/C16H27N3O/c1-3-7-20-15-9-14(10-18-11-15)16(19-17)13-6-5-12(4-2)8-13/h9-13,16,19H,3-8,17H2,1-2H3. The monoisotopic (exact) mass is 277 g/mol. The van der Waals surface area contributed by atoms with E-state index in [9.17, 15) is 0 Å². The van der Waals surface area contributed by atoms with E-state index >= 15 is 0 Å². The number of hydrogen-bond acceptors (Lipinski definition) is 4. The van der Waals surface area contributed by atoms with Gasteiger partial charge < -0.3 is 4.74 Å². The average molecular weight is 277 g/mol. The summed E-state index contributed by atoms with van der Waals surface area (Å²) in [5.74, 6) is 8.10. The van der Waals surface area contributed by atoms with Crippen molar-refractivity contribution in [1.29, 1.82) is 0 Å². The molecule has 4 heteroatoms. The van der Waals surface area contributed by atoms with Crippen molar-refractivity contribution in [2.45, 2.75) is 52.0 Å². The molecule has 0 saturated heterocycles. The molecule has 3 atom stereocenters. The van der Waals surface area contributed by atoms with Gasteiger partial charge in [-0.15, -0.1) is 0 Å². The second-order valence-corrected chi connectivity index (χ2v) is 5.79. The summed E-state index contributed by atoms with van der Waals surface area (Å²) in [6, 6.07) is 2.26. The van der Waals surface area contributed by atoms with Crippen molar-refractivity contribution in [3.8, 4) is 5.75 Å². The molecule has 0 amide bonds. The third-order valence-electron chi connectivity index (χ3n) is 4.38. The molecule has 20 heavy (non-hydrogen) atoms. The van der Waals surface area contributed by atoms with Crippen molar-refractivity contribution in [3.63, 3.8) is 0 Å². The minimum atomic E-state index is 0.184. The molecule has 3 unspecified atom stereocenters. The average Bonchev–Trinajstić information content (AvgIpc) is 2.95. The summed E-state index contributed by atoms with van der Waals surface area (Å²) in [6.45, 7) is 5.11. The number of rotatable bonds is 7. The second kappa shape index (κ2) is 7.60. The van der Waals surface area contributed by atoms with Crippen LogP contribution in [0.25, 0.3) is 0 Å². The lowest BCUT2D eigenvalue weighted by atomic mass is 9.91. The zero-order valence-corrected chi connectivity index (χ0v) is 12.6. The highest BCUT2D eigenvalue weighted by atomic mass is 16.5. The molecule has 0 radical (unpaired) electrons. The summed E-state index contributed by atoms with van der Waals surface area (Å²) >= 11 is 0. The minimum absolute atomic E-state index is 0.184. The van der Waals surface area contributed by atoms with E-state index in [1.165, 1.54) is 25.7 Å². The molecule has 0 bridgehead atoms. The highest BCUT2D eigenvalue weighted by Crippen LogP contribution is 2.40. The third-order valence-corrected chi connectivity index (χ3v) is 4.38. The van der Waals surface area contributed by atoms with Crippen molar-refractivity contribution in [1.82, 2.24) is 10.4 Å². The lowest BCUT2D eigenvalue weighted by Crippen LogP contribution is -2.33. The molecule has 1 aliphatic carbocycles. The van der Waals surface area contributed by atoms with Gasteiger partial charge in [-0.3, -0.25) is 16.3 Å². The maximum absolute atomic E-state index is 5.80. The Hall–Kier alpha value is -1.13. The van der Waals surface area contributed by atoms with Gasteiger partial charge in [0.15, 0.2) is 0 Å². The molecule has 3 N–H and O–H groups in total. The third kappa shape index (κ3) is 3.70. The van der Waals surface area contributed by atoms with Crippen LogP contribution in [-0.2, 0) is 0 Å². The van der Waals surface area contributed by atoms with Gasteiger partial charge in [-0.2, -0.15) is 0 Å².